The van der Waals surface area contributed by atoms with Crippen molar-refractivity contribution in [3.63, 3.8) is 0 Å². The number of rotatable bonds is 3. The molecule has 0 aliphatic carbocycles. The van der Waals surface area contributed by atoms with Crippen LogP contribution in [0.2, 0.25) is 10.2 Å². The van der Waals surface area contributed by atoms with Crippen LogP contribution in [0.25, 0.3) is 0 Å². The largest absolute Gasteiger partial charge is 0.363 e. The molecule has 0 fully saturated rings. The second-order valence-corrected chi connectivity index (χ2v) is 4.74. The molecular formula is C13H13Cl2N3. The number of benzene rings is 1. The van der Waals surface area contributed by atoms with Crippen LogP contribution in [0, 0.1) is 13.8 Å². The Morgan fingerprint density at radius 1 is 1.06 bits per heavy atom. The first-order chi connectivity index (χ1) is 8.58. The van der Waals surface area contributed by atoms with Crippen molar-refractivity contribution in [2.75, 3.05) is 5.32 Å². The molecule has 0 radical (unpaired) electrons. The summed E-state index contributed by atoms with van der Waals surface area (Å²) in [6.45, 7) is 4.35. The highest BCUT2D eigenvalue weighted by Gasteiger charge is 2.07. The van der Waals surface area contributed by atoms with Crippen molar-refractivity contribution in [3.05, 3.63) is 51.4 Å². The third-order valence-corrected chi connectivity index (χ3v) is 3.30. The minimum Gasteiger partial charge on any atom is -0.363 e. The summed E-state index contributed by atoms with van der Waals surface area (Å²) in [4.78, 5) is 8.58. The third-order valence-electron chi connectivity index (χ3n) is 2.67. The number of aryl methyl sites for hydroxylation is 2. The number of nitrogens with one attached hydrogen (secondary N) is 1. The van der Waals surface area contributed by atoms with Crippen molar-refractivity contribution in [2.45, 2.75) is 20.4 Å². The van der Waals surface area contributed by atoms with E-state index in [2.05, 4.69) is 15.3 Å². The molecule has 3 nitrogen and oxygen atoms in total. The van der Waals surface area contributed by atoms with Gasteiger partial charge in [0.1, 0.15) is 0 Å². The first-order valence-corrected chi connectivity index (χ1v) is 6.31. The maximum atomic E-state index is 6.08. The molecule has 0 atom stereocenters. The molecule has 2 aromatic rings. The van der Waals surface area contributed by atoms with Crippen LogP contribution >= 0.6 is 23.2 Å². The Bertz CT molecular complexity index is 570. The lowest BCUT2D eigenvalue weighted by Gasteiger charge is -2.10. The van der Waals surface area contributed by atoms with Crippen LogP contribution in [0.5, 0.6) is 0 Å². The number of nitrogens with zero attached hydrogens (tertiary/aromatic N) is 2. The summed E-state index contributed by atoms with van der Waals surface area (Å²) < 4.78 is 0. The Balaban J connectivity index is 2.16. The van der Waals surface area contributed by atoms with Crippen molar-refractivity contribution in [3.8, 4) is 0 Å². The van der Waals surface area contributed by atoms with Crippen molar-refractivity contribution in [2.24, 2.45) is 0 Å². The van der Waals surface area contributed by atoms with Gasteiger partial charge in [0.15, 0.2) is 11.0 Å². The minimum atomic E-state index is 0.380. The highest BCUT2D eigenvalue weighted by atomic mass is 35.5. The highest BCUT2D eigenvalue weighted by molar-refractivity contribution is 6.32. The van der Waals surface area contributed by atoms with E-state index in [0.717, 1.165) is 22.0 Å². The molecule has 0 unspecified atom stereocenters. The highest BCUT2D eigenvalue weighted by Crippen LogP contribution is 2.21. The van der Waals surface area contributed by atoms with E-state index < -0.39 is 0 Å². The van der Waals surface area contributed by atoms with Gasteiger partial charge in [-0.3, -0.25) is 0 Å². The van der Waals surface area contributed by atoms with E-state index in [0.29, 0.717) is 17.5 Å². The second-order valence-electron chi connectivity index (χ2n) is 3.98. The third kappa shape index (κ3) is 2.92. The molecule has 0 amide bonds. The molecule has 1 aromatic carbocycles. The molecule has 0 bridgehead atoms. The molecule has 0 aliphatic heterocycles. The number of aromatic nitrogens is 2. The van der Waals surface area contributed by atoms with E-state index in [1.165, 1.54) is 0 Å². The fourth-order valence-electron chi connectivity index (χ4n) is 1.51. The molecule has 94 valence electrons. The summed E-state index contributed by atoms with van der Waals surface area (Å²) in [7, 11) is 0. The zero-order valence-electron chi connectivity index (χ0n) is 10.2. The van der Waals surface area contributed by atoms with Crippen molar-refractivity contribution in [1.29, 1.82) is 0 Å². The molecule has 2 rings (SSSR count). The monoisotopic (exact) mass is 281 g/mol. The number of hydrogen-bond donors (Lipinski definition) is 1. The van der Waals surface area contributed by atoms with E-state index in [-0.39, 0.29) is 0 Å². The van der Waals surface area contributed by atoms with E-state index >= 15 is 0 Å². The zero-order valence-corrected chi connectivity index (χ0v) is 11.7. The topological polar surface area (TPSA) is 37.8 Å². The zero-order chi connectivity index (χ0) is 13.1. The van der Waals surface area contributed by atoms with Crippen molar-refractivity contribution >= 4 is 29.0 Å². The molecule has 18 heavy (non-hydrogen) atoms. The van der Waals surface area contributed by atoms with Gasteiger partial charge in [-0.05, 0) is 25.5 Å². The standard InChI is InChI=1S/C13H13Cl2N3/c1-8-9(2)18-13(12(15)17-8)16-7-10-5-3-4-6-11(10)14/h3-6H,7H2,1-2H3,(H,16,18). The number of halogens is 2. The smallest absolute Gasteiger partial charge is 0.171 e. The molecular weight excluding hydrogens is 269 g/mol. The lowest BCUT2D eigenvalue weighted by atomic mass is 10.2. The van der Waals surface area contributed by atoms with Crippen molar-refractivity contribution < 1.29 is 0 Å². The summed E-state index contributed by atoms with van der Waals surface area (Å²) >= 11 is 12.1. The SMILES string of the molecule is Cc1nc(Cl)c(NCc2ccccc2Cl)nc1C. The molecule has 0 saturated carbocycles. The van der Waals surface area contributed by atoms with Gasteiger partial charge in [-0.25, -0.2) is 9.97 Å². The molecule has 0 saturated heterocycles. The molecule has 1 N–H and O–H groups in total. The average molecular weight is 282 g/mol. The average Bonchev–Trinajstić information content (AvgIpc) is 2.34. The van der Waals surface area contributed by atoms with Crippen LogP contribution in [0.3, 0.4) is 0 Å². The fraction of sp³-hybridized carbons (Fsp3) is 0.231. The van der Waals surface area contributed by atoms with Crippen LogP contribution in [0.4, 0.5) is 5.82 Å². The van der Waals surface area contributed by atoms with E-state index in [9.17, 15) is 0 Å². The summed E-state index contributed by atoms with van der Waals surface area (Å²) in [5, 5.41) is 4.25. The summed E-state index contributed by atoms with van der Waals surface area (Å²) in [5.74, 6) is 0.583. The molecule has 1 heterocycles. The van der Waals surface area contributed by atoms with Crippen LogP contribution in [0.15, 0.2) is 24.3 Å². The Labute approximate surface area is 116 Å². The van der Waals surface area contributed by atoms with Crippen LogP contribution in [-0.4, -0.2) is 9.97 Å². The molecule has 5 heteroatoms. The predicted octanol–water partition coefficient (Wildman–Crippen LogP) is 4.01. The lowest BCUT2D eigenvalue weighted by molar-refractivity contribution is 1.02. The Morgan fingerprint density at radius 2 is 1.72 bits per heavy atom. The first-order valence-electron chi connectivity index (χ1n) is 5.56. The minimum absolute atomic E-state index is 0.380. The normalized spacial score (nSPS) is 10.4. The summed E-state index contributed by atoms with van der Waals surface area (Å²) in [6, 6.07) is 7.65. The second kappa shape index (κ2) is 5.55. The van der Waals surface area contributed by atoms with Gasteiger partial charge in [0.25, 0.3) is 0 Å². The maximum Gasteiger partial charge on any atom is 0.171 e. The van der Waals surface area contributed by atoms with Gasteiger partial charge in [0.2, 0.25) is 0 Å². The summed E-state index contributed by atoms with van der Waals surface area (Å²) in [6.07, 6.45) is 0. The number of anilines is 1. The van der Waals surface area contributed by atoms with Gasteiger partial charge in [0, 0.05) is 11.6 Å². The van der Waals surface area contributed by atoms with Gasteiger partial charge in [-0.2, -0.15) is 0 Å². The van der Waals surface area contributed by atoms with Gasteiger partial charge in [-0.1, -0.05) is 41.4 Å². The maximum absolute atomic E-state index is 6.08. The predicted molar refractivity (Wildman–Crippen MR) is 75.3 cm³/mol. The molecule has 1 aromatic heterocycles. The summed E-state index contributed by atoms with van der Waals surface area (Å²) in [5.41, 5.74) is 2.69. The van der Waals surface area contributed by atoms with Gasteiger partial charge in [-0.15, -0.1) is 0 Å². The van der Waals surface area contributed by atoms with E-state index in [4.69, 9.17) is 23.2 Å². The number of hydrogen-bond acceptors (Lipinski definition) is 3. The quantitative estimate of drug-likeness (QED) is 0.924. The van der Waals surface area contributed by atoms with Gasteiger partial charge in [0.05, 0.1) is 11.4 Å². The van der Waals surface area contributed by atoms with Crippen molar-refractivity contribution in [1.82, 2.24) is 9.97 Å². The van der Waals surface area contributed by atoms with E-state index in [1.54, 1.807) is 0 Å². The van der Waals surface area contributed by atoms with Gasteiger partial charge < -0.3 is 5.32 Å². The molecule has 0 spiro atoms. The van der Waals surface area contributed by atoms with E-state index in [1.807, 2.05) is 38.1 Å². The Morgan fingerprint density at radius 3 is 2.44 bits per heavy atom. The lowest BCUT2D eigenvalue weighted by Crippen LogP contribution is -2.05. The Kier molecular flexibility index (Phi) is 4.04. The van der Waals surface area contributed by atoms with Gasteiger partial charge >= 0.3 is 0 Å². The molecule has 0 aliphatic rings. The van der Waals surface area contributed by atoms with Crippen LogP contribution < -0.4 is 5.32 Å². The van der Waals surface area contributed by atoms with Crippen LogP contribution in [-0.2, 0) is 6.54 Å². The van der Waals surface area contributed by atoms with Crippen LogP contribution in [0.1, 0.15) is 17.0 Å². The fourth-order valence-corrected chi connectivity index (χ4v) is 1.95. The first kappa shape index (κ1) is 13.1. The Hall–Kier alpha value is -1.32.